The maximum absolute atomic E-state index is 12.2. The van der Waals surface area contributed by atoms with Crippen molar-refractivity contribution in [1.29, 1.82) is 0 Å². The van der Waals surface area contributed by atoms with Crippen LogP contribution in [0.1, 0.15) is 64.4 Å². The van der Waals surface area contributed by atoms with Crippen molar-refractivity contribution in [3.05, 3.63) is 54.1 Å². The number of ether oxygens (including phenoxy) is 2. The number of anilines is 1. The van der Waals surface area contributed by atoms with Gasteiger partial charge in [-0.3, -0.25) is 4.79 Å². The van der Waals surface area contributed by atoms with Crippen molar-refractivity contribution < 1.29 is 14.3 Å². The van der Waals surface area contributed by atoms with Gasteiger partial charge >= 0.3 is 0 Å². The molecule has 1 atom stereocenters. The monoisotopic (exact) mass is 383 g/mol. The molecule has 28 heavy (non-hydrogen) atoms. The van der Waals surface area contributed by atoms with Gasteiger partial charge in [-0.15, -0.1) is 0 Å². The van der Waals surface area contributed by atoms with E-state index < -0.39 is 0 Å². The van der Waals surface area contributed by atoms with Crippen molar-refractivity contribution in [1.82, 2.24) is 0 Å². The van der Waals surface area contributed by atoms with Gasteiger partial charge in [0.2, 0.25) is 0 Å². The predicted molar refractivity (Wildman–Crippen MR) is 115 cm³/mol. The van der Waals surface area contributed by atoms with Crippen molar-refractivity contribution in [2.75, 3.05) is 18.5 Å². The number of para-hydroxylation sites is 1. The van der Waals surface area contributed by atoms with Gasteiger partial charge in [-0.2, -0.15) is 0 Å². The van der Waals surface area contributed by atoms with E-state index in [1.165, 1.54) is 19.3 Å². The predicted octanol–water partition coefficient (Wildman–Crippen LogP) is 6.18. The molecule has 0 saturated carbocycles. The standard InChI is InChI=1S/C24H33NO3/c1-4-6-7-10-17-27-21-15-13-20(14-16-21)25-24(26)18-28-23-12-9-8-11-22(23)19(3)5-2/h8-9,11-16,19H,4-7,10,17-18H2,1-3H3,(H,25,26). The molecule has 2 aromatic carbocycles. The number of rotatable bonds is 12. The summed E-state index contributed by atoms with van der Waals surface area (Å²) in [6.45, 7) is 7.23. The molecule has 0 aromatic heterocycles. The van der Waals surface area contributed by atoms with E-state index in [1.807, 2.05) is 42.5 Å². The number of nitrogens with one attached hydrogen (secondary N) is 1. The molecule has 0 aliphatic carbocycles. The van der Waals surface area contributed by atoms with Gasteiger partial charge in [0.15, 0.2) is 6.61 Å². The van der Waals surface area contributed by atoms with E-state index in [0.29, 0.717) is 5.92 Å². The van der Waals surface area contributed by atoms with Gasteiger partial charge in [-0.25, -0.2) is 0 Å². The number of hydrogen-bond donors (Lipinski definition) is 1. The van der Waals surface area contributed by atoms with Crippen molar-refractivity contribution in [2.45, 2.75) is 58.8 Å². The van der Waals surface area contributed by atoms with Gasteiger partial charge in [0.25, 0.3) is 5.91 Å². The van der Waals surface area contributed by atoms with Crippen molar-refractivity contribution in [3.63, 3.8) is 0 Å². The molecule has 0 bridgehead atoms. The zero-order chi connectivity index (χ0) is 20.2. The Balaban J connectivity index is 1.79. The molecule has 4 heteroatoms. The van der Waals surface area contributed by atoms with Crippen LogP contribution in [-0.2, 0) is 4.79 Å². The maximum Gasteiger partial charge on any atom is 0.262 e. The first-order valence-corrected chi connectivity index (χ1v) is 10.4. The zero-order valence-electron chi connectivity index (χ0n) is 17.4. The molecule has 2 aromatic rings. The van der Waals surface area contributed by atoms with Crippen LogP contribution in [0.3, 0.4) is 0 Å². The van der Waals surface area contributed by atoms with E-state index in [9.17, 15) is 4.79 Å². The first kappa shape index (κ1) is 21.8. The molecular formula is C24H33NO3. The average molecular weight is 384 g/mol. The highest BCUT2D eigenvalue weighted by Crippen LogP contribution is 2.28. The van der Waals surface area contributed by atoms with Crippen LogP contribution in [0.5, 0.6) is 11.5 Å². The van der Waals surface area contributed by atoms with Crippen LogP contribution >= 0.6 is 0 Å². The molecule has 2 rings (SSSR count). The molecule has 0 aliphatic heterocycles. The second-order valence-corrected chi connectivity index (χ2v) is 7.12. The van der Waals surface area contributed by atoms with Crippen molar-refractivity contribution in [3.8, 4) is 11.5 Å². The summed E-state index contributed by atoms with van der Waals surface area (Å²) in [5.74, 6) is 1.83. The molecule has 0 radical (unpaired) electrons. The summed E-state index contributed by atoms with van der Waals surface area (Å²) in [5.41, 5.74) is 1.88. The molecule has 0 spiro atoms. The molecule has 152 valence electrons. The summed E-state index contributed by atoms with van der Waals surface area (Å²) < 4.78 is 11.5. The lowest BCUT2D eigenvalue weighted by atomic mass is 9.98. The lowest BCUT2D eigenvalue weighted by Gasteiger charge is -2.15. The zero-order valence-corrected chi connectivity index (χ0v) is 17.4. The van der Waals surface area contributed by atoms with Gasteiger partial charge in [-0.1, -0.05) is 58.2 Å². The first-order valence-electron chi connectivity index (χ1n) is 10.4. The fourth-order valence-corrected chi connectivity index (χ4v) is 2.93. The number of hydrogen-bond acceptors (Lipinski definition) is 3. The van der Waals surface area contributed by atoms with E-state index in [0.717, 1.165) is 42.2 Å². The smallest absolute Gasteiger partial charge is 0.262 e. The Morgan fingerprint density at radius 2 is 1.71 bits per heavy atom. The lowest BCUT2D eigenvalue weighted by Crippen LogP contribution is -2.20. The SMILES string of the molecule is CCCCCCOc1ccc(NC(=O)COc2ccccc2C(C)CC)cc1. The van der Waals surface area contributed by atoms with Crippen LogP contribution in [0.25, 0.3) is 0 Å². The molecule has 0 heterocycles. The second kappa shape index (κ2) is 12.1. The fourth-order valence-electron chi connectivity index (χ4n) is 2.93. The number of carbonyl (C=O) groups excluding carboxylic acids is 1. The average Bonchev–Trinajstić information content (AvgIpc) is 2.73. The Labute approximate surface area is 169 Å². The third-order valence-electron chi connectivity index (χ3n) is 4.83. The Morgan fingerprint density at radius 1 is 0.964 bits per heavy atom. The molecule has 0 saturated heterocycles. The van der Waals surface area contributed by atoms with E-state index in [-0.39, 0.29) is 12.5 Å². The van der Waals surface area contributed by atoms with Gasteiger partial charge in [0, 0.05) is 5.69 Å². The van der Waals surface area contributed by atoms with Crippen LogP contribution in [-0.4, -0.2) is 19.1 Å². The first-order chi connectivity index (χ1) is 13.6. The van der Waals surface area contributed by atoms with E-state index in [1.54, 1.807) is 0 Å². The Morgan fingerprint density at radius 3 is 2.43 bits per heavy atom. The summed E-state index contributed by atoms with van der Waals surface area (Å²) in [7, 11) is 0. The van der Waals surface area contributed by atoms with E-state index in [4.69, 9.17) is 9.47 Å². The number of amides is 1. The second-order valence-electron chi connectivity index (χ2n) is 7.12. The molecule has 1 unspecified atom stereocenters. The third kappa shape index (κ3) is 7.26. The molecule has 4 nitrogen and oxygen atoms in total. The minimum atomic E-state index is -0.174. The highest BCUT2D eigenvalue weighted by atomic mass is 16.5. The van der Waals surface area contributed by atoms with Crippen LogP contribution in [0.4, 0.5) is 5.69 Å². The largest absolute Gasteiger partial charge is 0.494 e. The highest BCUT2D eigenvalue weighted by Gasteiger charge is 2.11. The van der Waals surface area contributed by atoms with Crippen molar-refractivity contribution >= 4 is 11.6 Å². The van der Waals surface area contributed by atoms with Crippen LogP contribution in [0, 0.1) is 0 Å². The molecule has 0 fully saturated rings. The highest BCUT2D eigenvalue weighted by molar-refractivity contribution is 5.91. The van der Waals surface area contributed by atoms with E-state index in [2.05, 4.69) is 32.2 Å². The number of benzene rings is 2. The molecule has 0 aliphatic rings. The Bertz CT molecular complexity index is 712. The van der Waals surface area contributed by atoms with Gasteiger partial charge in [0.1, 0.15) is 11.5 Å². The van der Waals surface area contributed by atoms with Gasteiger partial charge in [0.05, 0.1) is 6.61 Å². The third-order valence-corrected chi connectivity index (χ3v) is 4.83. The summed E-state index contributed by atoms with van der Waals surface area (Å²) >= 11 is 0. The molecule has 1 amide bonds. The normalized spacial score (nSPS) is 11.7. The summed E-state index contributed by atoms with van der Waals surface area (Å²) in [6, 6.07) is 15.4. The quantitative estimate of drug-likeness (QED) is 0.445. The minimum Gasteiger partial charge on any atom is -0.494 e. The summed E-state index contributed by atoms with van der Waals surface area (Å²) in [5, 5.41) is 2.87. The van der Waals surface area contributed by atoms with Crippen LogP contribution in [0.15, 0.2) is 48.5 Å². The topological polar surface area (TPSA) is 47.6 Å². The molecular weight excluding hydrogens is 350 g/mol. The maximum atomic E-state index is 12.2. The Kier molecular flexibility index (Phi) is 9.40. The Hall–Kier alpha value is -2.49. The van der Waals surface area contributed by atoms with Gasteiger partial charge in [-0.05, 0) is 54.7 Å². The number of carbonyl (C=O) groups is 1. The van der Waals surface area contributed by atoms with E-state index >= 15 is 0 Å². The summed E-state index contributed by atoms with van der Waals surface area (Å²) in [6.07, 6.45) is 5.77. The molecule has 1 N–H and O–H groups in total. The van der Waals surface area contributed by atoms with Crippen molar-refractivity contribution in [2.24, 2.45) is 0 Å². The van der Waals surface area contributed by atoms with Gasteiger partial charge < -0.3 is 14.8 Å². The summed E-state index contributed by atoms with van der Waals surface area (Å²) in [4.78, 5) is 12.2. The van der Waals surface area contributed by atoms with Crippen LogP contribution < -0.4 is 14.8 Å². The number of unbranched alkanes of at least 4 members (excludes halogenated alkanes) is 3. The lowest BCUT2D eigenvalue weighted by molar-refractivity contribution is -0.118. The minimum absolute atomic E-state index is 0.0108. The van der Waals surface area contributed by atoms with Crippen LogP contribution in [0.2, 0.25) is 0 Å². The fraction of sp³-hybridized carbons (Fsp3) is 0.458.